The summed E-state index contributed by atoms with van der Waals surface area (Å²) in [5, 5.41) is 13.2. The van der Waals surface area contributed by atoms with E-state index < -0.39 is 0 Å². The Bertz CT molecular complexity index is 1370. The van der Waals surface area contributed by atoms with E-state index in [-0.39, 0.29) is 11.8 Å². The van der Waals surface area contributed by atoms with Crippen molar-refractivity contribution in [3.63, 3.8) is 0 Å². The Hall–Kier alpha value is -3.66. The van der Waals surface area contributed by atoms with Crippen molar-refractivity contribution in [1.29, 1.82) is 5.26 Å². The van der Waals surface area contributed by atoms with Crippen molar-refractivity contribution < 1.29 is 9.59 Å². The number of nitrogens with zero attached hydrogens (tertiary/aromatic N) is 4. The summed E-state index contributed by atoms with van der Waals surface area (Å²) in [6.07, 6.45) is 10.6. The van der Waals surface area contributed by atoms with E-state index in [1.165, 1.54) is 31.2 Å². The van der Waals surface area contributed by atoms with Crippen LogP contribution in [-0.2, 0) is 11.8 Å². The largest absolute Gasteiger partial charge is 0.342 e. The van der Waals surface area contributed by atoms with Gasteiger partial charge in [-0.05, 0) is 73.8 Å². The Morgan fingerprint density at radius 2 is 1.89 bits per heavy atom. The lowest BCUT2D eigenvalue weighted by Crippen LogP contribution is -2.42. The zero-order valence-corrected chi connectivity index (χ0v) is 22.0. The topological polar surface area (TPSA) is 91.0 Å². The molecule has 2 aliphatic rings. The molecule has 37 heavy (non-hydrogen) atoms. The molecule has 7 nitrogen and oxygen atoms in total. The number of hydrogen-bond donors (Lipinski definition) is 1. The number of amides is 2. The highest BCUT2D eigenvalue weighted by molar-refractivity contribution is 6.06. The van der Waals surface area contributed by atoms with E-state index in [0.717, 1.165) is 42.5 Å². The predicted molar refractivity (Wildman–Crippen MR) is 144 cm³/mol. The third kappa shape index (κ3) is 4.85. The minimum absolute atomic E-state index is 0.128. The van der Waals surface area contributed by atoms with E-state index in [0.29, 0.717) is 34.6 Å². The molecule has 1 saturated heterocycles. The molecule has 0 radical (unpaired) electrons. The van der Waals surface area contributed by atoms with Crippen LogP contribution in [0, 0.1) is 30.1 Å². The second-order valence-corrected chi connectivity index (χ2v) is 10.8. The number of nitrogens with one attached hydrogen (secondary N) is 1. The third-order valence-corrected chi connectivity index (χ3v) is 8.52. The second kappa shape index (κ2) is 10.4. The van der Waals surface area contributed by atoms with Gasteiger partial charge in [0.15, 0.2) is 0 Å². The van der Waals surface area contributed by atoms with Gasteiger partial charge >= 0.3 is 0 Å². The molecule has 3 heterocycles. The van der Waals surface area contributed by atoms with Crippen LogP contribution in [0.3, 0.4) is 0 Å². The summed E-state index contributed by atoms with van der Waals surface area (Å²) in [6.45, 7) is 5.72. The lowest BCUT2D eigenvalue weighted by Gasteiger charge is -2.35. The Kier molecular flexibility index (Phi) is 7.01. The maximum atomic E-state index is 13.2. The zero-order chi connectivity index (χ0) is 26.1. The Morgan fingerprint density at radius 3 is 2.59 bits per heavy atom. The van der Waals surface area contributed by atoms with Crippen LogP contribution in [0.5, 0.6) is 0 Å². The molecule has 1 aliphatic carbocycles. The van der Waals surface area contributed by atoms with Crippen molar-refractivity contribution >= 4 is 28.5 Å². The van der Waals surface area contributed by atoms with Crippen LogP contribution in [0.4, 0.5) is 5.69 Å². The van der Waals surface area contributed by atoms with E-state index in [1.807, 2.05) is 14.0 Å². The molecule has 1 saturated carbocycles. The highest BCUT2D eigenvalue weighted by atomic mass is 16.2. The Balaban J connectivity index is 1.34. The molecule has 1 aliphatic heterocycles. The van der Waals surface area contributed by atoms with Crippen molar-refractivity contribution in [2.45, 2.75) is 58.3 Å². The maximum absolute atomic E-state index is 13.2. The van der Waals surface area contributed by atoms with Crippen molar-refractivity contribution in [3.05, 3.63) is 58.9 Å². The number of anilines is 1. The van der Waals surface area contributed by atoms with Crippen LogP contribution in [0.1, 0.15) is 78.4 Å². The maximum Gasteiger partial charge on any atom is 0.255 e. The van der Waals surface area contributed by atoms with Crippen LogP contribution in [0.2, 0.25) is 0 Å². The molecular formula is C30H35N5O2. The molecule has 3 aromatic rings. The van der Waals surface area contributed by atoms with Crippen LogP contribution in [0.25, 0.3) is 11.0 Å². The number of rotatable bonds is 5. The first-order valence-electron chi connectivity index (χ1n) is 13.4. The van der Waals surface area contributed by atoms with Crippen molar-refractivity contribution in [2.75, 3.05) is 18.4 Å². The van der Waals surface area contributed by atoms with E-state index in [2.05, 4.69) is 39.0 Å². The van der Waals surface area contributed by atoms with E-state index >= 15 is 0 Å². The molecule has 0 spiro atoms. The fourth-order valence-corrected chi connectivity index (χ4v) is 6.25. The number of carbonyl (C=O) groups is 2. The van der Waals surface area contributed by atoms with Crippen molar-refractivity contribution in [2.24, 2.45) is 18.9 Å². The molecule has 1 N–H and O–H groups in total. The second-order valence-electron chi connectivity index (χ2n) is 10.8. The quantitative estimate of drug-likeness (QED) is 0.501. The van der Waals surface area contributed by atoms with E-state index in [1.54, 1.807) is 30.5 Å². The summed E-state index contributed by atoms with van der Waals surface area (Å²) in [4.78, 5) is 32.8. The molecule has 5 rings (SSSR count). The Morgan fingerprint density at radius 1 is 1.16 bits per heavy atom. The summed E-state index contributed by atoms with van der Waals surface area (Å²) in [7, 11) is 2.01. The molecule has 2 amide bonds. The number of nitriles is 1. The SMILES string of the molecule is Cc1c(NC(=O)c2cccc(C#N)c2)cnc2c1c(C1CCN(C(=O)C(C)C3CCCC3)CC1)cn2C. The van der Waals surface area contributed by atoms with Gasteiger partial charge in [0.05, 0.1) is 23.5 Å². The van der Waals surface area contributed by atoms with E-state index in [9.17, 15) is 9.59 Å². The standard InChI is InChI=1S/C30H35N5O2/c1-19(22-8-4-5-9-22)30(37)35-13-11-23(12-14-35)25-18-34(3)28-27(25)20(2)26(17-32-28)33-29(36)24-10-6-7-21(15-24)16-31/h6-7,10,15,17-19,22-23H,4-5,8-9,11-14H2,1-3H3,(H,33,36). The van der Waals surface area contributed by atoms with Crippen molar-refractivity contribution in [1.82, 2.24) is 14.5 Å². The van der Waals surface area contributed by atoms with Crippen LogP contribution < -0.4 is 5.32 Å². The van der Waals surface area contributed by atoms with Gasteiger partial charge in [0.1, 0.15) is 5.65 Å². The highest BCUT2D eigenvalue weighted by Crippen LogP contribution is 2.38. The first-order chi connectivity index (χ1) is 17.9. The molecule has 1 atom stereocenters. The summed E-state index contributed by atoms with van der Waals surface area (Å²) >= 11 is 0. The number of pyridine rings is 1. The molecule has 2 fully saturated rings. The van der Waals surface area contributed by atoms with Crippen LogP contribution in [0.15, 0.2) is 36.7 Å². The van der Waals surface area contributed by atoms with Gasteiger partial charge in [-0.2, -0.15) is 5.26 Å². The van der Waals surface area contributed by atoms with Crippen LogP contribution in [-0.4, -0.2) is 39.4 Å². The first kappa shape index (κ1) is 25.0. The fourth-order valence-electron chi connectivity index (χ4n) is 6.25. The lowest BCUT2D eigenvalue weighted by molar-refractivity contribution is -0.137. The summed E-state index contributed by atoms with van der Waals surface area (Å²) < 4.78 is 2.05. The van der Waals surface area contributed by atoms with Gasteiger partial charge < -0.3 is 14.8 Å². The van der Waals surface area contributed by atoms with Crippen LogP contribution >= 0.6 is 0 Å². The molecule has 192 valence electrons. The smallest absolute Gasteiger partial charge is 0.255 e. The van der Waals surface area contributed by atoms with Gasteiger partial charge in [-0.15, -0.1) is 0 Å². The van der Waals surface area contributed by atoms with Crippen molar-refractivity contribution in [3.8, 4) is 6.07 Å². The minimum Gasteiger partial charge on any atom is -0.342 e. The number of likely N-dealkylation sites (tertiary alicyclic amines) is 1. The zero-order valence-electron chi connectivity index (χ0n) is 22.0. The van der Waals surface area contributed by atoms with Gasteiger partial charge in [0.2, 0.25) is 5.91 Å². The normalized spacial score (nSPS) is 17.6. The minimum atomic E-state index is -0.262. The summed E-state index contributed by atoms with van der Waals surface area (Å²) in [5.41, 5.74) is 4.68. The number of fused-ring (bicyclic) bond motifs is 1. The average molecular weight is 498 g/mol. The molecule has 1 aromatic carbocycles. The molecule has 2 aromatic heterocycles. The van der Waals surface area contributed by atoms with Gasteiger partial charge in [0, 0.05) is 43.2 Å². The number of piperidine rings is 1. The first-order valence-corrected chi connectivity index (χ1v) is 13.4. The molecule has 1 unspecified atom stereocenters. The molecular weight excluding hydrogens is 462 g/mol. The third-order valence-electron chi connectivity index (χ3n) is 8.52. The monoisotopic (exact) mass is 497 g/mol. The number of aromatic nitrogens is 2. The highest BCUT2D eigenvalue weighted by Gasteiger charge is 2.33. The van der Waals surface area contributed by atoms with Gasteiger partial charge in [0.25, 0.3) is 5.91 Å². The number of aryl methyl sites for hydroxylation is 2. The van der Waals surface area contributed by atoms with Gasteiger partial charge in [-0.25, -0.2) is 4.98 Å². The van der Waals surface area contributed by atoms with E-state index in [4.69, 9.17) is 5.26 Å². The fraction of sp³-hybridized carbons (Fsp3) is 0.467. The number of benzene rings is 1. The summed E-state index contributed by atoms with van der Waals surface area (Å²) in [5.74, 6) is 1.08. The predicted octanol–water partition coefficient (Wildman–Crippen LogP) is 5.54. The Labute approximate surface area is 218 Å². The lowest BCUT2D eigenvalue weighted by atomic mass is 9.86. The number of carbonyl (C=O) groups excluding carboxylic acids is 2. The number of hydrogen-bond acceptors (Lipinski definition) is 4. The molecule has 7 heteroatoms. The van der Waals surface area contributed by atoms with Gasteiger partial charge in [-0.1, -0.05) is 25.8 Å². The average Bonchev–Trinajstić information content (AvgIpc) is 3.58. The molecule has 0 bridgehead atoms. The summed E-state index contributed by atoms with van der Waals surface area (Å²) in [6, 6.07) is 8.76. The van der Waals surface area contributed by atoms with Gasteiger partial charge in [-0.3, -0.25) is 9.59 Å².